The average Bonchev–Trinajstić information content (AvgIpc) is 2.79. The Morgan fingerprint density at radius 1 is 1.20 bits per heavy atom. The van der Waals surface area contributed by atoms with E-state index < -0.39 is 11.6 Å². The van der Waals surface area contributed by atoms with Gasteiger partial charge in [-0.1, -0.05) is 12.1 Å². The lowest BCUT2D eigenvalue weighted by Crippen LogP contribution is -2.42. The molecular formula is C18H16ClF2N3O. The number of anilines is 1. The Bertz CT molecular complexity index is 826. The quantitative estimate of drug-likeness (QED) is 0.832. The first-order valence-electron chi connectivity index (χ1n) is 7.82. The Morgan fingerprint density at radius 3 is 2.76 bits per heavy atom. The number of halogens is 3. The molecule has 0 spiro atoms. The first kappa shape index (κ1) is 17.4. The summed E-state index contributed by atoms with van der Waals surface area (Å²) in [6, 6.07) is 9.88. The van der Waals surface area contributed by atoms with Crippen molar-refractivity contribution in [1.29, 1.82) is 0 Å². The average molecular weight is 364 g/mol. The maximum Gasteiger partial charge on any atom is 0.321 e. The Kier molecular flexibility index (Phi) is 5.28. The van der Waals surface area contributed by atoms with Crippen molar-refractivity contribution >= 4 is 29.0 Å². The van der Waals surface area contributed by atoms with Crippen molar-refractivity contribution in [3.8, 4) is 0 Å². The van der Waals surface area contributed by atoms with Crippen LogP contribution in [0.4, 0.5) is 19.3 Å². The lowest BCUT2D eigenvalue weighted by Gasteiger charge is -2.23. The van der Waals surface area contributed by atoms with E-state index in [9.17, 15) is 13.6 Å². The van der Waals surface area contributed by atoms with Crippen LogP contribution in [0.5, 0.6) is 0 Å². The van der Waals surface area contributed by atoms with Gasteiger partial charge < -0.3 is 5.32 Å². The van der Waals surface area contributed by atoms with Crippen molar-refractivity contribution in [3.63, 3.8) is 0 Å². The van der Waals surface area contributed by atoms with Gasteiger partial charge in [0, 0.05) is 30.1 Å². The minimum atomic E-state index is -0.481. The second-order valence-corrected chi connectivity index (χ2v) is 5.82. The zero-order valence-corrected chi connectivity index (χ0v) is 14.1. The van der Waals surface area contributed by atoms with Crippen LogP contribution in [0.25, 0.3) is 0 Å². The molecule has 2 amide bonds. The zero-order valence-electron chi connectivity index (χ0n) is 13.3. The summed E-state index contributed by atoms with van der Waals surface area (Å²) in [5, 5.41) is 2.69. The Hall–Kier alpha value is -2.47. The van der Waals surface area contributed by atoms with Crippen LogP contribution in [-0.2, 0) is 0 Å². The molecule has 0 atom stereocenters. The van der Waals surface area contributed by atoms with Crippen LogP contribution in [0.15, 0.2) is 47.5 Å². The topological polar surface area (TPSA) is 44.7 Å². The summed E-state index contributed by atoms with van der Waals surface area (Å²) in [6.45, 7) is 0.882. The molecule has 130 valence electrons. The number of aliphatic imine (C=N–C) groups is 1. The van der Waals surface area contributed by atoms with Crippen molar-refractivity contribution in [3.05, 3.63) is 65.2 Å². The van der Waals surface area contributed by atoms with E-state index in [1.165, 1.54) is 29.2 Å². The van der Waals surface area contributed by atoms with Gasteiger partial charge in [0.05, 0.1) is 17.9 Å². The molecule has 4 nitrogen and oxygen atoms in total. The number of benzene rings is 2. The zero-order chi connectivity index (χ0) is 17.8. The smallest absolute Gasteiger partial charge is 0.321 e. The molecule has 3 rings (SSSR count). The summed E-state index contributed by atoms with van der Waals surface area (Å²) < 4.78 is 28.1. The van der Waals surface area contributed by atoms with Crippen molar-refractivity contribution in [2.75, 3.05) is 30.4 Å². The molecule has 0 saturated carbocycles. The second-order valence-electron chi connectivity index (χ2n) is 5.44. The highest BCUT2D eigenvalue weighted by Crippen LogP contribution is 2.28. The van der Waals surface area contributed by atoms with E-state index in [2.05, 4.69) is 10.3 Å². The van der Waals surface area contributed by atoms with Crippen LogP contribution < -0.4 is 10.2 Å². The first-order valence-corrected chi connectivity index (χ1v) is 8.36. The lowest BCUT2D eigenvalue weighted by molar-refractivity contribution is 0.247. The number of hydrogen-bond acceptors (Lipinski definition) is 2. The SMILES string of the molecule is O=C(NCCCl)N1CCN=C(c2ccccc2F)c2cc(F)ccc21. The number of alkyl halides is 1. The third-order valence-electron chi connectivity index (χ3n) is 3.84. The maximum atomic E-state index is 14.2. The highest BCUT2D eigenvalue weighted by atomic mass is 35.5. The summed E-state index contributed by atoms with van der Waals surface area (Å²) in [5.74, 6) is -0.644. The number of carbonyl (C=O) groups is 1. The van der Waals surface area contributed by atoms with E-state index in [1.54, 1.807) is 18.2 Å². The van der Waals surface area contributed by atoms with E-state index in [0.717, 1.165) is 0 Å². The third-order valence-corrected chi connectivity index (χ3v) is 4.03. The van der Waals surface area contributed by atoms with E-state index in [0.29, 0.717) is 30.1 Å². The molecule has 0 aliphatic carbocycles. The molecule has 1 aliphatic rings. The number of fused-ring (bicyclic) bond motifs is 1. The van der Waals surface area contributed by atoms with Crippen molar-refractivity contribution in [2.24, 2.45) is 4.99 Å². The van der Waals surface area contributed by atoms with E-state index in [4.69, 9.17) is 11.6 Å². The van der Waals surface area contributed by atoms with Gasteiger partial charge in [-0.3, -0.25) is 9.89 Å². The van der Waals surface area contributed by atoms with Crippen LogP contribution in [-0.4, -0.2) is 37.3 Å². The molecule has 1 aliphatic heterocycles. The number of benzodiazepines with no additional fused rings is 1. The van der Waals surface area contributed by atoms with Gasteiger partial charge in [0.1, 0.15) is 11.6 Å². The Balaban J connectivity index is 2.08. The molecule has 25 heavy (non-hydrogen) atoms. The van der Waals surface area contributed by atoms with E-state index in [-0.39, 0.29) is 24.0 Å². The number of rotatable bonds is 3. The standard InChI is InChI=1S/C18H16ClF2N3O/c19-7-8-23-18(25)24-10-9-22-17(13-3-1-2-4-15(13)21)14-11-12(20)5-6-16(14)24/h1-6,11H,7-10H2,(H,23,25). The van der Waals surface area contributed by atoms with E-state index in [1.807, 2.05) is 0 Å². The minimum absolute atomic E-state index is 0.272. The van der Waals surface area contributed by atoms with Gasteiger partial charge in [-0.15, -0.1) is 11.6 Å². The van der Waals surface area contributed by atoms with Crippen molar-refractivity contribution in [2.45, 2.75) is 0 Å². The fraction of sp³-hybridized carbons (Fsp3) is 0.222. The number of hydrogen-bond donors (Lipinski definition) is 1. The van der Waals surface area contributed by atoms with Crippen LogP contribution in [0, 0.1) is 11.6 Å². The maximum absolute atomic E-state index is 14.2. The molecule has 2 aromatic rings. The first-order chi connectivity index (χ1) is 12.1. The molecular weight excluding hydrogens is 348 g/mol. The molecule has 2 aromatic carbocycles. The van der Waals surface area contributed by atoms with Gasteiger partial charge >= 0.3 is 6.03 Å². The molecule has 0 radical (unpaired) electrons. The highest BCUT2D eigenvalue weighted by Gasteiger charge is 2.25. The number of carbonyl (C=O) groups excluding carboxylic acids is 1. The minimum Gasteiger partial charge on any atom is -0.336 e. The third kappa shape index (κ3) is 3.64. The van der Waals surface area contributed by atoms with Crippen LogP contribution in [0.2, 0.25) is 0 Å². The molecule has 0 fully saturated rings. The largest absolute Gasteiger partial charge is 0.336 e. The van der Waals surface area contributed by atoms with Crippen LogP contribution >= 0.6 is 11.6 Å². The summed E-state index contributed by atoms with van der Waals surface area (Å²) in [7, 11) is 0. The monoisotopic (exact) mass is 363 g/mol. The molecule has 0 bridgehead atoms. The van der Waals surface area contributed by atoms with Crippen molar-refractivity contribution in [1.82, 2.24) is 5.32 Å². The van der Waals surface area contributed by atoms with Gasteiger partial charge in [0.15, 0.2) is 0 Å². The summed E-state index contributed by atoms with van der Waals surface area (Å²) >= 11 is 5.61. The number of amides is 2. The van der Waals surface area contributed by atoms with Gasteiger partial charge in [0.2, 0.25) is 0 Å². The lowest BCUT2D eigenvalue weighted by atomic mass is 9.99. The molecule has 7 heteroatoms. The number of nitrogens with one attached hydrogen (secondary N) is 1. The summed E-state index contributed by atoms with van der Waals surface area (Å²) in [4.78, 5) is 18.3. The summed E-state index contributed by atoms with van der Waals surface area (Å²) in [6.07, 6.45) is 0. The molecule has 0 aromatic heterocycles. The fourth-order valence-electron chi connectivity index (χ4n) is 2.74. The molecule has 1 heterocycles. The van der Waals surface area contributed by atoms with Gasteiger partial charge in [-0.25, -0.2) is 13.6 Å². The fourth-order valence-corrected chi connectivity index (χ4v) is 2.84. The van der Waals surface area contributed by atoms with Crippen molar-refractivity contribution < 1.29 is 13.6 Å². The second kappa shape index (κ2) is 7.61. The molecule has 0 saturated heterocycles. The predicted molar refractivity (Wildman–Crippen MR) is 94.8 cm³/mol. The highest BCUT2D eigenvalue weighted by molar-refractivity contribution is 6.18. The van der Waals surface area contributed by atoms with Crippen LogP contribution in [0.3, 0.4) is 0 Å². The Labute approximate surface area is 149 Å². The number of nitrogens with zero attached hydrogens (tertiary/aromatic N) is 2. The summed E-state index contributed by atoms with van der Waals surface area (Å²) in [5.41, 5.74) is 1.47. The predicted octanol–water partition coefficient (Wildman–Crippen LogP) is 3.57. The van der Waals surface area contributed by atoms with Gasteiger partial charge in [-0.2, -0.15) is 0 Å². The molecule has 0 unspecified atom stereocenters. The van der Waals surface area contributed by atoms with Crippen LogP contribution in [0.1, 0.15) is 11.1 Å². The number of urea groups is 1. The Morgan fingerprint density at radius 2 is 2.00 bits per heavy atom. The normalized spacial score (nSPS) is 13.7. The van der Waals surface area contributed by atoms with E-state index >= 15 is 0 Å². The van der Waals surface area contributed by atoms with Gasteiger partial charge in [-0.05, 0) is 30.3 Å². The molecule has 1 N–H and O–H groups in total. The van der Waals surface area contributed by atoms with Gasteiger partial charge in [0.25, 0.3) is 0 Å².